The van der Waals surface area contributed by atoms with Gasteiger partial charge in [-0.05, 0) is 42.3 Å². The first kappa shape index (κ1) is 18.7. The summed E-state index contributed by atoms with van der Waals surface area (Å²) in [7, 11) is 0. The van der Waals surface area contributed by atoms with Gasteiger partial charge in [0.25, 0.3) is 5.91 Å². The molecule has 1 aliphatic heterocycles. The Morgan fingerprint density at radius 1 is 1.19 bits per heavy atom. The van der Waals surface area contributed by atoms with Crippen LogP contribution in [0, 0.1) is 11.6 Å². The van der Waals surface area contributed by atoms with Crippen molar-refractivity contribution >= 4 is 17.7 Å². The maximum absolute atomic E-state index is 13.3. The van der Waals surface area contributed by atoms with E-state index in [1.807, 2.05) is 0 Å². The van der Waals surface area contributed by atoms with Gasteiger partial charge in [-0.15, -0.1) is 11.8 Å². The lowest BCUT2D eigenvalue weighted by Gasteiger charge is -2.17. The molecule has 4 nitrogen and oxygen atoms in total. The van der Waals surface area contributed by atoms with Gasteiger partial charge in [0.2, 0.25) is 0 Å². The van der Waals surface area contributed by atoms with Crippen molar-refractivity contribution in [3.05, 3.63) is 59.7 Å². The van der Waals surface area contributed by atoms with Gasteiger partial charge in [-0.3, -0.25) is 4.79 Å². The quantitative estimate of drug-likeness (QED) is 0.837. The van der Waals surface area contributed by atoms with Gasteiger partial charge in [-0.2, -0.15) is 0 Å². The first-order chi connectivity index (χ1) is 12.5. The van der Waals surface area contributed by atoms with Crippen molar-refractivity contribution in [2.24, 2.45) is 0 Å². The SMILES string of the molecule is O=C(COc1ccc(CO)cc1)N1CCC(Sc2ccc(F)c(F)c2)C1. The van der Waals surface area contributed by atoms with Gasteiger partial charge in [0, 0.05) is 23.2 Å². The standard InChI is InChI=1S/C19H19F2NO3S/c20-17-6-5-15(9-18(17)21)26-16-7-8-22(10-16)19(24)12-25-14-3-1-13(11-23)2-4-14/h1-6,9,16,23H,7-8,10-12H2. The number of thioether (sulfide) groups is 1. The molecule has 2 aromatic rings. The Kier molecular flexibility index (Phi) is 6.11. The van der Waals surface area contributed by atoms with Crippen molar-refractivity contribution in [3.63, 3.8) is 0 Å². The summed E-state index contributed by atoms with van der Waals surface area (Å²) in [6.45, 7) is 1.08. The Hall–Kier alpha value is -2.12. The fourth-order valence-electron chi connectivity index (χ4n) is 2.72. The zero-order valence-corrected chi connectivity index (χ0v) is 14.8. The van der Waals surface area contributed by atoms with E-state index in [1.165, 1.54) is 17.8 Å². The molecule has 1 fully saturated rings. The maximum Gasteiger partial charge on any atom is 0.260 e. The molecule has 0 bridgehead atoms. The molecule has 1 atom stereocenters. The minimum Gasteiger partial charge on any atom is -0.484 e. The first-order valence-electron chi connectivity index (χ1n) is 8.27. The van der Waals surface area contributed by atoms with Crippen molar-refractivity contribution in [3.8, 4) is 5.75 Å². The van der Waals surface area contributed by atoms with Crippen molar-refractivity contribution in [1.29, 1.82) is 0 Å². The number of carbonyl (C=O) groups excluding carboxylic acids is 1. The van der Waals surface area contributed by atoms with Crippen LogP contribution in [-0.2, 0) is 11.4 Å². The molecule has 0 spiro atoms. The third kappa shape index (κ3) is 4.74. The molecule has 1 aliphatic rings. The van der Waals surface area contributed by atoms with E-state index in [0.717, 1.165) is 18.1 Å². The molecular formula is C19H19F2NO3S. The molecule has 1 unspecified atom stereocenters. The van der Waals surface area contributed by atoms with E-state index in [0.29, 0.717) is 23.7 Å². The number of aliphatic hydroxyl groups excluding tert-OH is 1. The van der Waals surface area contributed by atoms with Gasteiger partial charge in [0.1, 0.15) is 5.75 Å². The zero-order chi connectivity index (χ0) is 18.5. The summed E-state index contributed by atoms with van der Waals surface area (Å²) in [6.07, 6.45) is 0.792. The second kappa shape index (κ2) is 8.51. The first-order valence-corrected chi connectivity index (χ1v) is 9.15. The van der Waals surface area contributed by atoms with Crippen molar-refractivity contribution in [2.45, 2.75) is 23.2 Å². The molecular weight excluding hydrogens is 360 g/mol. The topological polar surface area (TPSA) is 49.8 Å². The van der Waals surface area contributed by atoms with Gasteiger partial charge >= 0.3 is 0 Å². The van der Waals surface area contributed by atoms with Crippen molar-refractivity contribution in [2.75, 3.05) is 19.7 Å². The number of amides is 1. The molecule has 1 saturated heterocycles. The second-order valence-corrected chi connectivity index (χ2v) is 7.41. The maximum atomic E-state index is 13.3. The van der Waals surface area contributed by atoms with Crippen LogP contribution in [0.25, 0.3) is 0 Å². The summed E-state index contributed by atoms with van der Waals surface area (Å²) >= 11 is 1.45. The van der Waals surface area contributed by atoms with E-state index in [4.69, 9.17) is 9.84 Å². The minimum atomic E-state index is -0.860. The Labute approximate surface area is 154 Å². The summed E-state index contributed by atoms with van der Waals surface area (Å²) in [5.41, 5.74) is 0.778. The number of benzene rings is 2. The van der Waals surface area contributed by atoms with E-state index < -0.39 is 11.6 Å². The highest BCUT2D eigenvalue weighted by molar-refractivity contribution is 8.00. The molecule has 2 aromatic carbocycles. The highest BCUT2D eigenvalue weighted by Crippen LogP contribution is 2.30. The Bertz CT molecular complexity index is 770. The van der Waals surface area contributed by atoms with Crippen LogP contribution in [0.3, 0.4) is 0 Å². The van der Waals surface area contributed by atoms with E-state index in [9.17, 15) is 13.6 Å². The van der Waals surface area contributed by atoms with Crippen LogP contribution in [0.4, 0.5) is 8.78 Å². The summed E-state index contributed by atoms with van der Waals surface area (Å²) in [5.74, 6) is -1.25. The van der Waals surface area contributed by atoms with Crippen LogP contribution in [0.2, 0.25) is 0 Å². The third-order valence-corrected chi connectivity index (χ3v) is 5.40. The fraction of sp³-hybridized carbons (Fsp3) is 0.316. The lowest BCUT2D eigenvalue weighted by Crippen LogP contribution is -2.33. The number of carbonyl (C=O) groups is 1. The molecule has 3 rings (SSSR count). The zero-order valence-electron chi connectivity index (χ0n) is 14.0. The largest absolute Gasteiger partial charge is 0.484 e. The molecule has 1 heterocycles. The molecule has 1 amide bonds. The van der Waals surface area contributed by atoms with E-state index in [1.54, 1.807) is 35.2 Å². The predicted octanol–water partition coefficient (Wildman–Crippen LogP) is 3.23. The average Bonchev–Trinajstić information content (AvgIpc) is 3.12. The molecule has 0 radical (unpaired) electrons. The molecule has 7 heteroatoms. The lowest BCUT2D eigenvalue weighted by molar-refractivity contribution is -0.132. The number of likely N-dealkylation sites (tertiary alicyclic amines) is 1. The number of aliphatic hydroxyl groups is 1. The average molecular weight is 379 g/mol. The van der Waals surface area contributed by atoms with Crippen LogP contribution < -0.4 is 4.74 Å². The Morgan fingerprint density at radius 3 is 2.65 bits per heavy atom. The highest BCUT2D eigenvalue weighted by Gasteiger charge is 2.27. The Morgan fingerprint density at radius 2 is 1.96 bits per heavy atom. The number of halogens is 2. The molecule has 0 aromatic heterocycles. The molecule has 0 aliphatic carbocycles. The number of hydrogen-bond donors (Lipinski definition) is 1. The van der Waals surface area contributed by atoms with Gasteiger partial charge in [-0.25, -0.2) is 8.78 Å². The summed E-state index contributed by atoms with van der Waals surface area (Å²) in [5, 5.41) is 9.15. The van der Waals surface area contributed by atoms with E-state index in [2.05, 4.69) is 0 Å². The second-order valence-electron chi connectivity index (χ2n) is 6.03. The monoisotopic (exact) mass is 379 g/mol. The fourth-order valence-corrected chi connectivity index (χ4v) is 3.90. The van der Waals surface area contributed by atoms with Crippen LogP contribution >= 0.6 is 11.8 Å². The van der Waals surface area contributed by atoms with Gasteiger partial charge in [0.15, 0.2) is 18.2 Å². The lowest BCUT2D eigenvalue weighted by atomic mass is 10.2. The van der Waals surface area contributed by atoms with Gasteiger partial charge < -0.3 is 14.7 Å². The number of ether oxygens (including phenoxy) is 1. The van der Waals surface area contributed by atoms with Crippen LogP contribution in [-0.4, -0.2) is 40.9 Å². The highest BCUT2D eigenvalue weighted by atomic mass is 32.2. The predicted molar refractivity (Wildman–Crippen MR) is 95.1 cm³/mol. The molecule has 1 N–H and O–H groups in total. The molecule has 26 heavy (non-hydrogen) atoms. The minimum absolute atomic E-state index is 0.0377. The Balaban J connectivity index is 1.48. The summed E-state index contributed by atoms with van der Waals surface area (Å²) in [6, 6.07) is 10.8. The third-order valence-electron chi connectivity index (χ3n) is 4.16. The van der Waals surface area contributed by atoms with E-state index in [-0.39, 0.29) is 24.4 Å². The number of nitrogens with zero attached hydrogens (tertiary/aromatic N) is 1. The van der Waals surface area contributed by atoms with E-state index >= 15 is 0 Å². The number of rotatable bonds is 6. The normalized spacial score (nSPS) is 16.7. The van der Waals surface area contributed by atoms with Crippen molar-refractivity contribution < 1.29 is 23.4 Å². The molecule has 138 valence electrons. The van der Waals surface area contributed by atoms with Crippen LogP contribution in [0.1, 0.15) is 12.0 Å². The smallest absolute Gasteiger partial charge is 0.260 e. The van der Waals surface area contributed by atoms with Crippen LogP contribution in [0.5, 0.6) is 5.75 Å². The van der Waals surface area contributed by atoms with Gasteiger partial charge in [0.05, 0.1) is 6.61 Å². The summed E-state index contributed by atoms with van der Waals surface area (Å²) in [4.78, 5) is 14.7. The number of hydrogen-bond acceptors (Lipinski definition) is 4. The van der Waals surface area contributed by atoms with Gasteiger partial charge in [-0.1, -0.05) is 12.1 Å². The molecule has 0 saturated carbocycles. The van der Waals surface area contributed by atoms with Crippen molar-refractivity contribution in [1.82, 2.24) is 4.90 Å². The van der Waals surface area contributed by atoms with Crippen LogP contribution in [0.15, 0.2) is 47.4 Å². The summed E-state index contributed by atoms with van der Waals surface area (Å²) < 4.78 is 31.8.